The van der Waals surface area contributed by atoms with E-state index in [1.54, 1.807) is 0 Å². The minimum absolute atomic E-state index is 0.127. The number of imidazole rings is 1. The van der Waals surface area contributed by atoms with Crippen LogP contribution in [0.3, 0.4) is 0 Å². The maximum absolute atomic E-state index is 13.7. The van der Waals surface area contributed by atoms with Crippen LogP contribution < -0.4 is 4.74 Å². The van der Waals surface area contributed by atoms with Crippen molar-refractivity contribution in [2.75, 3.05) is 0 Å². The quantitative estimate of drug-likeness (QED) is 0.316. The van der Waals surface area contributed by atoms with Gasteiger partial charge in [0.25, 0.3) is 0 Å². The molecule has 0 bridgehead atoms. The van der Waals surface area contributed by atoms with Crippen molar-refractivity contribution in [3.8, 4) is 11.8 Å². The van der Waals surface area contributed by atoms with Gasteiger partial charge in [-0.25, -0.2) is 4.98 Å². The molecule has 4 aromatic rings. The van der Waals surface area contributed by atoms with E-state index >= 15 is 0 Å². The van der Waals surface area contributed by atoms with Crippen LogP contribution in [0.2, 0.25) is 10.0 Å². The fourth-order valence-corrected chi connectivity index (χ4v) is 3.77. The zero-order chi connectivity index (χ0) is 22.9. The van der Waals surface area contributed by atoms with Gasteiger partial charge in [-0.1, -0.05) is 53.5 Å². The number of nitrogens with zero attached hydrogens (tertiary/aromatic N) is 3. The second kappa shape index (κ2) is 8.73. The average Bonchev–Trinajstić information content (AvgIpc) is 3.13. The lowest BCUT2D eigenvalue weighted by Crippen LogP contribution is -2.16. The van der Waals surface area contributed by atoms with Gasteiger partial charge in [-0.3, -0.25) is 0 Å². The van der Waals surface area contributed by atoms with Crippen LogP contribution in [-0.4, -0.2) is 9.55 Å². The summed E-state index contributed by atoms with van der Waals surface area (Å²) in [6, 6.07) is 18.4. The molecule has 0 saturated heterocycles. The second-order valence-corrected chi connectivity index (χ2v) is 7.80. The lowest BCUT2D eigenvalue weighted by molar-refractivity contribution is -0.146. The predicted molar refractivity (Wildman–Crippen MR) is 116 cm³/mol. The van der Waals surface area contributed by atoms with Crippen LogP contribution >= 0.6 is 23.2 Å². The minimum Gasteiger partial charge on any atom is -0.487 e. The number of alkyl halides is 3. The molecule has 0 radical (unpaired) electrons. The van der Waals surface area contributed by atoms with E-state index in [0.717, 1.165) is 10.1 Å². The number of hydrogen-bond donors (Lipinski definition) is 0. The summed E-state index contributed by atoms with van der Waals surface area (Å²) in [6.45, 7) is -0.00705. The Bertz CT molecular complexity index is 1330. The van der Waals surface area contributed by atoms with Crippen LogP contribution in [0, 0.1) is 11.3 Å². The van der Waals surface area contributed by atoms with E-state index in [0.29, 0.717) is 11.3 Å². The SMILES string of the molecule is N#Cc1ccc2nc(C(F)(F)F)n(Cc3cc(OCc4ccccc4)c(Cl)cc3Cl)c2c1. The van der Waals surface area contributed by atoms with Crippen LogP contribution in [0.1, 0.15) is 22.5 Å². The molecule has 162 valence electrons. The Morgan fingerprint density at radius 2 is 1.75 bits per heavy atom. The van der Waals surface area contributed by atoms with Gasteiger partial charge in [0.2, 0.25) is 5.82 Å². The molecule has 0 atom stereocenters. The maximum Gasteiger partial charge on any atom is 0.449 e. The Labute approximate surface area is 191 Å². The molecule has 0 fully saturated rings. The van der Waals surface area contributed by atoms with Gasteiger partial charge >= 0.3 is 6.18 Å². The first-order valence-electron chi connectivity index (χ1n) is 9.38. The summed E-state index contributed by atoms with van der Waals surface area (Å²) >= 11 is 12.5. The Morgan fingerprint density at radius 1 is 1.00 bits per heavy atom. The van der Waals surface area contributed by atoms with Gasteiger partial charge in [-0.15, -0.1) is 0 Å². The fraction of sp³-hybridized carbons (Fsp3) is 0.130. The molecule has 9 heteroatoms. The number of rotatable bonds is 5. The number of ether oxygens (including phenoxy) is 1. The van der Waals surface area contributed by atoms with Gasteiger partial charge in [0, 0.05) is 5.02 Å². The van der Waals surface area contributed by atoms with Crippen molar-refractivity contribution in [1.82, 2.24) is 9.55 Å². The highest BCUT2D eigenvalue weighted by atomic mass is 35.5. The lowest BCUT2D eigenvalue weighted by Gasteiger charge is -2.15. The molecule has 0 amide bonds. The molecule has 4 rings (SSSR count). The third-order valence-electron chi connectivity index (χ3n) is 4.80. The van der Waals surface area contributed by atoms with Crippen LogP contribution in [-0.2, 0) is 19.3 Å². The largest absolute Gasteiger partial charge is 0.487 e. The van der Waals surface area contributed by atoms with E-state index in [-0.39, 0.29) is 39.8 Å². The molecule has 0 N–H and O–H groups in total. The standard InChI is InChI=1S/C23H14Cl2F3N3O/c24-17-10-18(25)21(32-13-14-4-2-1-3-5-14)9-16(17)12-31-20-8-15(11-29)6-7-19(20)30-22(31)23(26,27)28/h1-10H,12-13H2. The fourth-order valence-electron chi connectivity index (χ4n) is 3.28. The van der Waals surface area contributed by atoms with Gasteiger partial charge in [-0.2, -0.15) is 18.4 Å². The van der Waals surface area contributed by atoms with E-state index in [1.807, 2.05) is 36.4 Å². The van der Waals surface area contributed by atoms with Gasteiger partial charge < -0.3 is 9.30 Å². The summed E-state index contributed by atoms with van der Waals surface area (Å²) in [5, 5.41) is 9.59. The topological polar surface area (TPSA) is 50.8 Å². The molecule has 0 saturated carbocycles. The number of fused-ring (bicyclic) bond motifs is 1. The molecule has 1 heterocycles. The van der Waals surface area contributed by atoms with Crippen LogP contribution in [0.4, 0.5) is 13.2 Å². The zero-order valence-corrected chi connectivity index (χ0v) is 17.8. The molecule has 1 aromatic heterocycles. The van der Waals surface area contributed by atoms with E-state index in [9.17, 15) is 13.2 Å². The molecule has 4 nitrogen and oxygen atoms in total. The first kappa shape index (κ1) is 22.0. The number of nitriles is 1. The summed E-state index contributed by atoms with van der Waals surface area (Å²) in [6.07, 6.45) is -4.70. The monoisotopic (exact) mass is 475 g/mol. The Kier molecular flexibility index (Phi) is 6.00. The molecule has 0 aliphatic carbocycles. The molecule has 0 spiro atoms. The zero-order valence-electron chi connectivity index (χ0n) is 16.3. The normalized spacial score (nSPS) is 11.5. The van der Waals surface area contributed by atoms with Crippen molar-refractivity contribution in [2.45, 2.75) is 19.3 Å². The molecule has 0 aliphatic rings. The predicted octanol–water partition coefficient (Wildman–Crippen LogP) is 6.86. The third kappa shape index (κ3) is 4.52. The summed E-state index contributed by atoms with van der Waals surface area (Å²) in [5.74, 6) is -0.786. The molecular formula is C23H14Cl2F3N3O. The van der Waals surface area contributed by atoms with Gasteiger partial charge in [0.15, 0.2) is 0 Å². The average molecular weight is 476 g/mol. The minimum atomic E-state index is -4.70. The van der Waals surface area contributed by atoms with Gasteiger partial charge in [0.1, 0.15) is 12.4 Å². The molecular weight excluding hydrogens is 462 g/mol. The van der Waals surface area contributed by atoms with Crippen LogP contribution in [0.25, 0.3) is 11.0 Å². The number of halogens is 5. The van der Waals surface area contributed by atoms with Crippen molar-refractivity contribution in [2.24, 2.45) is 0 Å². The van der Waals surface area contributed by atoms with E-state index in [2.05, 4.69) is 4.98 Å². The molecule has 0 unspecified atom stereocenters. The highest BCUT2D eigenvalue weighted by molar-refractivity contribution is 6.36. The van der Waals surface area contributed by atoms with E-state index in [4.69, 9.17) is 33.2 Å². The molecule has 0 aliphatic heterocycles. The first-order chi connectivity index (χ1) is 15.3. The van der Waals surface area contributed by atoms with Crippen molar-refractivity contribution in [1.29, 1.82) is 5.26 Å². The summed E-state index contributed by atoms with van der Waals surface area (Å²) in [5.41, 5.74) is 1.80. The summed E-state index contributed by atoms with van der Waals surface area (Å²) in [4.78, 5) is 3.73. The highest BCUT2D eigenvalue weighted by Crippen LogP contribution is 2.36. The van der Waals surface area contributed by atoms with Crippen molar-refractivity contribution >= 4 is 34.2 Å². The van der Waals surface area contributed by atoms with Crippen molar-refractivity contribution in [3.05, 3.63) is 93.2 Å². The first-order valence-corrected chi connectivity index (χ1v) is 10.1. The van der Waals surface area contributed by atoms with Crippen molar-refractivity contribution in [3.63, 3.8) is 0 Å². The van der Waals surface area contributed by atoms with Crippen LogP contribution in [0.5, 0.6) is 5.75 Å². The van der Waals surface area contributed by atoms with Crippen molar-refractivity contribution < 1.29 is 17.9 Å². The highest BCUT2D eigenvalue weighted by Gasteiger charge is 2.37. The maximum atomic E-state index is 13.7. The molecule has 32 heavy (non-hydrogen) atoms. The van der Waals surface area contributed by atoms with Gasteiger partial charge in [-0.05, 0) is 41.5 Å². The van der Waals surface area contributed by atoms with Gasteiger partial charge in [0.05, 0.1) is 34.2 Å². The Morgan fingerprint density at radius 3 is 2.44 bits per heavy atom. The van der Waals surface area contributed by atoms with E-state index < -0.39 is 12.0 Å². The third-order valence-corrected chi connectivity index (χ3v) is 5.44. The Balaban J connectivity index is 1.74. The molecule has 3 aromatic carbocycles. The summed E-state index contributed by atoms with van der Waals surface area (Å²) in [7, 11) is 0. The van der Waals surface area contributed by atoms with Crippen LogP contribution in [0.15, 0.2) is 60.7 Å². The Hall–Kier alpha value is -3.21. The van der Waals surface area contributed by atoms with E-state index in [1.165, 1.54) is 30.3 Å². The lowest BCUT2D eigenvalue weighted by atomic mass is 10.2. The second-order valence-electron chi connectivity index (χ2n) is 6.98. The smallest absolute Gasteiger partial charge is 0.449 e. The number of benzene rings is 3. The summed E-state index contributed by atoms with van der Waals surface area (Å²) < 4.78 is 47.9. The number of aromatic nitrogens is 2. The number of hydrogen-bond acceptors (Lipinski definition) is 3.